The maximum absolute atomic E-state index is 13.3. The van der Waals surface area contributed by atoms with Gasteiger partial charge in [-0.05, 0) is 36.4 Å². The van der Waals surface area contributed by atoms with E-state index in [1.54, 1.807) is 24.4 Å². The van der Waals surface area contributed by atoms with Gasteiger partial charge in [-0.1, -0.05) is 18.9 Å². The Morgan fingerprint density at radius 1 is 1.10 bits per heavy atom. The third kappa shape index (κ3) is 3.60. The molecule has 29 heavy (non-hydrogen) atoms. The van der Waals surface area contributed by atoms with Crippen LogP contribution in [0.3, 0.4) is 0 Å². The zero-order valence-corrected chi connectivity index (χ0v) is 17.3. The number of anilines is 1. The van der Waals surface area contributed by atoms with Gasteiger partial charge in [0.25, 0.3) is 10.0 Å². The lowest BCUT2D eigenvalue weighted by Crippen LogP contribution is -2.17. The molecule has 3 heterocycles. The van der Waals surface area contributed by atoms with Crippen LogP contribution in [0.25, 0.3) is 10.6 Å². The molecular weight excluding hydrogens is 410 g/mol. The van der Waals surface area contributed by atoms with Crippen LogP contribution in [-0.2, 0) is 10.0 Å². The molecule has 9 heteroatoms. The summed E-state index contributed by atoms with van der Waals surface area (Å²) >= 11 is 1.48. The van der Waals surface area contributed by atoms with Gasteiger partial charge in [0.1, 0.15) is 23.8 Å². The Morgan fingerprint density at radius 3 is 2.66 bits per heavy atom. The smallest absolute Gasteiger partial charge is 0.265 e. The predicted octanol–water partition coefficient (Wildman–Crippen LogP) is 4.30. The molecule has 0 bridgehead atoms. The lowest BCUT2D eigenvalue weighted by molar-refractivity contribution is 0.171. The highest BCUT2D eigenvalue weighted by Gasteiger charge is 2.28. The number of hydrogen-bond donors (Lipinski definition) is 1. The average molecular weight is 432 g/mol. The van der Waals surface area contributed by atoms with Crippen molar-refractivity contribution in [2.75, 3.05) is 17.9 Å². The van der Waals surface area contributed by atoms with Crippen LogP contribution >= 0.6 is 11.3 Å². The molecule has 2 aliphatic rings. The lowest BCUT2D eigenvalue weighted by atomic mass is 10.3. The molecule has 0 spiro atoms. The summed E-state index contributed by atoms with van der Waals surface area (Å²) in [5.41, 5.74) is 0.928. The standard InChI is InChI=1S/C20H21N3O4S2/c24-29(25,22-14-7-8-16-17(12-14)27-10-9-26-16)19-13-23(15-4-1-2-5-15)21-20(19)18-6-3-11-28-18/h3,6-8,11-13,15,22H,1-2,4-5,9-10H2. The number of sulfonamides is 1. The van der Waals surface area contributed by atoms with Crippen molar-refractivity contribution in [1.82, 2.24) is 9.78 Å². The summed E-state index contributed by atoms with van der Waals surface area (Å²) in [7, 11) is -3.83. The highest BCUT2D eigenvalue weighted by atomic mass is 32.2. The fraction of sp³-hybridized carbons (Fsp3) is 0.350. The Kier molecular flexibility index (Phi) is 4.71. The molecule has 0 amide bonds. The molecule has 0 atom stereocenters. The van der Waals surface area contributed by atoms with E-state index >= 15 is 0 Å². The minimum Gasteiger partial charge on any atom is -0.486 e. The van der Waals surface area contributed by atoms with E-state index in [1.807, 2.05) is 22.2 Å². The molecule has 1 aliphatic heterocycles. The summed E-state index contributed by atoms with van der Waals surface area (Å²) in [6.07, 6.45) is 6.03. The van der Waals surface area contributed by atoms with Crippen LogP contribution in [0.15, 0.2) is 46.8 Å². The van der Waals surface area contributed by atoms with Crippen LogP contribution in [0.5, 0.6) is 11.5 Å². The minimum atomic E-state index is -3.83. The Morgan fingerprint density at radius 2 is 1.90 bits per heavy atom. The highest BCUT2D eigenvalue weighted by Crippen LogP contribution is 2.37. The molecule has 1 N–H and O–H groups in total. The first-order valence-corrected chi connectivity index (χ1v) is 12.0. The first-order chi connectivity index (χ1) is 14.1. The van der Waals surface area contributed by atoms with Crippen molar-refractivity contribution in [2.45, 2.75) is 36.6 Å². The van der Waals surface area contributed by atoms with Gasteiger partial charge in [-0.2, -0.15) is 5.10 Å². The van der Waals surface area contributed by atoms with Crippen LogP contribution < -0.4 is 14.2 Å². The second kappa shape index (κ2) is 7.38. The molecule has 2 aromatic heterocycles. The average Bonchev–Trinajstić information content (AvgIpc) is 3.48. The zero-order chi connectivity index (χ0) is 19.8. The Balaban J connectivity index is 1.51. The van der Waals surface area contributed by atoms with Crippen LogP contribution in [0.2, 0.25) is 0 Å². The molecule has 1 fully saturated rings. The number of rotatable bonds is 5. The van der Waals surface area contributed by atoms with Gasteiger partial charge in [0.05, 0.1) is 16.6 Å². The van der Waals surface area contributed by atoms with Gasteiger partial charge in [-0.25, -0.2) is 8.42 Å². The summed E-state index contributed by atoms with van der Waals surface area (Å²) in [5.74, 6) is 1.16. The summed E-state index contributed by atoms with van der Waals surface area (Å²) in [6, 6.07) is 9.10. The molecule has 7 nitrogen and oxygen atoms in total. The van der Waals surface area contributed by atoms with Gasteiger partial charge in [-0.3, -0.25) is 9.40 Å². The van der Waals surface area contributed by atoms with E-state index in [2.05, 4.69) is 9.82 Å². The maximum Gasteiger partial charge on any atom is 0.265 e. The first kappa shape index (κ1) is 18.5. The third-order valence-electron chi connectivity index (χ3n) is 5.24. The molecular formula is C20H21N3O4S2. The van der Waals surface area contributed by atoms with E-state index in [1.165, 1.54) is 11.3 Å². The molecule has 3 aromatic rings. The van der Waals surface area contributed by atoms with Crippen molar-refractivity contribution in [1.29, 1.82) is 0 Å². The SMILES string of the molecule is O=S(=O)(Nc1ccc2c(c1)OCCO2)c1cn(C2CCCC2)nc1-c1cccs1. The number of thiophene rings is 1. The number of hydrogen-bond acceptors (Lipinski definition) is 6. The quantitative estimate of drug-likeness (QED) is 0.651. The van der Waals surface area contributed by atoms with Gasteiger partial charge in [0, 0.05) is 12.3 Å². The molecule has 0 unspecified atom stereocenters. The Hall–Kier alpha value is -2.52. The minimum absolute atomic E-state index is 0.196. The van der Waals surface area contributed by atoms with Crippen molar-refractivity contribution >= 4 is 27.0 Å². The number of benzene rings is 1. The molecule has 0 saturated heterocycles. The number of ether oxygens (including phenoxy) is 2. The van der Waals surface area contributed by atoms with Gasteiger partial charge in [0.2, 0.25) is 0 Å². The molecule has 5 rings (SSSR count). The number of nitrogens with one attached hydrogen (secondary N) is 1. The molecule has 152 valence electrons. The number of fused-ring (bicyclic) bond motifs is 1. The van der Waals surface area contributed by atoms with Crippen molar-refractivity contribution < 1.29 is 17.9 Å². The van der Waals surface area contributed by atoms with E-state index in [9.17, 15) is 8.42 Å². The highest BCUT2D eigenvalue weighted by molar-refractivity contribution is 7.92. The van der Waals surface area contributed by atoms with Crippen molar-refractivity contribution in [3.63, 3.8) is 0 Å². The summed E-state index contributed by atoms with van der Waals surface area (Å²) < 4.78 is 42.1. The second-order valence-corrected chi connectivity index (χ2v) is 9.80. The molecule has 1 aliphatic carbocycles. The molecule has 1 saturated carbocycles. The topological polar surface area (TPSA) is 82.5 Å². The number of aromatic nitrogens is 2. The largest absolute Gasteiger partial charge is 0.486 e. The fourth-order valence-corrected chi connectivity index (χ4v) is 5.82. The van der Waals surface area contributed by atoms with E-state index in [0.717, 1.165) is 30.6 Å². The summed E-state index contributed by atoms with van der Waals surface area (Å²) in [4.78, 5) is 1.03. The van der Waals surface area contributed by atoms with Crippen molar-refractivity contribution in [3.05, 3.63) is 41.9 Å². The number of nitrogens with zero attached hydrogens (tertiary/aromatic N) is 2. The fourth-order valence-electron chi connectivity index (χ4n) is 3.83. The second-order valence-electron chi connectivity index (χ2n) is 7.20. The van der Waals surface area contributed by atoms with E-state index in [0.29, 0.717) is 36.1 Å². The Bertz CT molecular complexity index is 1120. The predicted molar refractivity (Wildman–Crippen MR) is 111 cm³/mol. The molecule has 1 aromatic carbocycles. The van der Waals surface area contributed by atoms with Crippen LogP contribution in [0.1, 0.15) is 31.7 Å². The van der Waals surface area contributed by atoms with Gasteiger partial charge >= 0.3 is 0 Å². The van der Waals surface area contributed by atoms with Crippen LogP contribution in [0, 0.1) is 0 Å². The summed E-state index contributed by atoms with van der Waals surface area (Å²) in [6.45, 7) is 0.933. The zero-order valence-electron chi connectivity index (χ0n) is 15.7. The van der Waals surface area contributed by atoms with Gasteiger partial charge in [0.15, 0.2) is 11.5 Å². The van der Waals surface area contributed by atoms with E-state index < -0.39 is 10.0 Å². The van der Waals surface area contributed by atoms with Crippen LogP contribution in [-0.4, -0.2) is 31.4 Å². The van der Waals surface area contributed by atoms with Gasteiger partial charge < -0.3 is 9.47 Å². The van der Waals surface area contributed by atoms with Gasteiger partial charge in [-0.15, -0.1) is 11.3 Å². The molecule has 0 radical (unpaired) electrons. The summed E-state index contributed by atoms with van der Waals surface area (Å²) in [5, 5.41) is 6.60. The Labute approximate surface area is 173 Å². The lowest BCUT2D eigenvalue weighted by Gasteiger charge is -2.19. The third-order valence-corrected chi connectivity index (χ3v) is 7.49. The van der Waals surface area contributed by atoms with E-state index in [-0.39, 0.29) is 10.9 Å². The monoisotopic (exact) mass is 431 g/mol. The van der Waals surface area contributed by atoms with Crippen LogP contribution in [0.4, 0.5) is 5.69 Å². The van der Waals surface area contributed by atoms with Crippen molar-refractivity contribution in [2.24, 2.45) is 0 Å². The maximum atomic E-state index is 13.3. The van der Waals surface area contributed by atoms with E-state index in [4.69, 9.17) is 9.47 Å². The van der Waals surface area contributed by atoms with Crippen molar-refractivity contribution in [3.8, 4) is 22.1 Å². The first-order valence-electron chi connectivity index (χ1n) is 9.66. The normalized spacial score (nSPS) is 16.8.